The second-order valence-corrected chi connectivity index (χ2v) is 18.4. The van der Waals surface area contributed by atoms with Crippen LogP contribution in [0.15, 0.2) is 0 Å². The van der Waals surface area contributed by atoms with Crippen LogP contribution in [0.3, 0.4) is 0 Å². The Kier molecular flexibility index (Phi) is 11.8. The Balaban J connectivity index is 0.000000570. The first-order chi connectivity index (χ1) is 23.9. The van der Waals surface area contributed by atoms with Gasteiger partial charge in [0.05, 0.1) is 11.8 Å². The first-order valence-corrected chi connectivity index (χ1v) is 21.7. The van der Waals surface area contributed by atoms with E-state index < -0.39 is 0 Å². The highest BCUT2D eigenvalue weighted by molar-refractivity contribution is 5.96. The van der Waals surface area contributed by atoms with E-state index in [-0.39, 0.29) is 30.1 Å². The Morgan fingerprint density at radius 1 is 0.560 bits per heavy atom. The zero-order valence-electron chi connectivity index (χ0n) is 35.1. The largest absolute Gasteiger partial charge is 0.393 e. The number of hydrogen-bond acceptors (Lipinski definition) is 5. The summed E-state index contributed by atoms with van der Waals surface area (Å²) in [5.74, 6) is 11.1. The van der Waals surface area contributed by atoms with Gasteiger partial charge >= 0.3 is 11.9 Å². The molecule has 0 amide bonds. The lowest BCUT2D eigenvalue weighted by molar-refractivity contribution is -0.166. The highest BCUT2D eigenvalue weighted by Gasteiger charge is 2.77. The van der Waals surface area contributed by atoms with Gasteiger partial charge in [0, 0.05) is 20.1 Å². The van der Waals surface area contributed by atoms with E-state index in [2.05, 4.69) is 34.6 Å². The van der Waals surface area contributed by atoms with Gasteiger partial charge in [-0.15, -0.1) is 0 Å². The van der Waals surface area contributed by atoms with E-state index in [0.717, 1.165) is 53.3 Å². The van der Waals surface area contributed by atoms with Gasteiger partial charge in [-0.2, -0.15) is 0 Å². The molecule has 0 aromatic heterocycles. The number of carbonyl (C=O) groups is 2. The summed E-state index contributed by atoms with van der Waals surface area (Å²) < 4.78 is 17.2. The van der Waals surface area contributed by atoms with Crippen LogP contribution < -0.4 is 0 Å². The van der Waals surface area contributed by atoms with Crippen LogP contribution in [0, 0.1) is 123 Å². The predicted octanol–water partition coefficient (Wildman–Crippen LogP) is 10.7. The molecule has 288 valence electrons. The van der Waals surface area contributed by atoms with Crippen molar-refractivity contribution in [2.45, 2.75) is 135 Å². The molecule has 0 spiro atoms. The van der Waals surface area contributed by atoms with E-state index in [1.54, 1.807) is 0 Å². The topological polar surface area (TPSA) is 61.8 Å². The molecule has 1 aliphatic heterocycles. The summed E-state index contributed by atoms with van der Waals surface area (Å²) in [7, 11) is 3.62. The summed E-state index contributed by atoms with van der Waals surface area (Å²) in [6, 6.07) is 0. The molecule has 9 rings (SSSR count). The van der Waals surface area contributed by atoms with Crippen LogP contribution in [-0.2, 0) is 23.8 Å². The molecule has 8 bridgehead atoms. The fraction of sp³-hybridized carbons (Fsp3) is 0.956. The average molecular weight is 699 g/mol. The highest BCUT2D eigenvalue weighted by Crippen LogP contribution is 2.82. The van der Waals surface area contributed by atoms with Crippen molar-refractivity contribution >= 4 is 11.9 Å². The molecule has 5 heteroatoms. The third kappa shape index (κ3) is 5.09. The Hall–Kier alpha value is -0.940. The number of cyclic esters (lactones) is 2. The van der Waals surface area contributed by atoms with Gasteiger partial charge in [0.1, 0.15) is 0 Å². The lowest BCUT2D eigenvalue weighted by Crippen LogP contribution is -2.54. The number of ether oxygens (including phenoxy) is 3. The van der Waals surface area contributed by atoms with Crippen molar-refractivity contribution in [2.24, 2.45) is 123 Å². The number of esters is 2. The summed E-state index contributed by atoms with van der Waals surface area (Å²) in [4.78, 5) is 26.3. The van der Waals surface area contributed by atoms with Crippen LogP contribution in [0.5, 0.6) is 0 Å². The van der Waals surface area contributed by atoms with Gasteiger partial charge < -0.3 is 14.2 Å². The molecule has 9 aliphatic rings. The molecule has 1 saturated heterocycles. The molecule has 8 aliphatic carbocycles. The Morgan fingerprint density at radius 2 is 1.06 bits per heavy atom. The number of rotatable bonds is 5. The number of methoxy groups -OCH3 is 2. The molecule has 0 radical (unpaired) electrons. The van der Waals surface area contributed by atoms with Gasteiger partial charge in [0.25, 0.3) is 0 Å². The van der Waals surface area contributed by atoms with E-state index in [1.165, 1.54) is 32.1 Å². The second-order valence-electron chi connectivity index (χ2n) is 18.4. The second kappa shape index (κ2) is 14.7. The van der Waals surface area contributed by atoms with Crippen LogP contribution in [0.1, 0.15) is 129 Å². The normalized spacial score (nSPS) is 51.1. The molecule has 0 N–H and O–H groups in total. The Bertz CT molecular complexity index is 1200. The molecule has 19 atom stereocenters. The standard InChI is InChI=1S/C37H54O5.4C2H6/c1-14-17-11-20(30-24-13-23(29(17)30)36(3,4)37(24,5)6)25(14)31-22-12-21(32(31)26-15(2)33(38)42-34(26)39)27-16-9-18(28(22)27)19(10-16)35(40-7)41-8;4*1-2/h14-32,35H,9-13H2,1-8H3;4*1-2H3. The predicted molar refractivity (Wildman–Crippen MR) is 203 cm³/mol. The van der Waals surface area contributed by atoms with E-state index in [1.807, 2.05) is 76.5 Å². The SMILES string of the molecule is CC.CC.CC.CC.COC(OC)C1CC2CC1C1C3CC(C21)C(C1C(=O)OC(=O)C1C)C3C1C(C)C2CC1C1C2C2CC1C(C)(C)C2(C)C. The van der Waals surface area contributed by atoms with Crippen molar-refractivity contribution in [3.05, 3.63) is 0 Å². The minimum Gasteiger partial charge on any atom is -0.393 e. The molecule has 0 aromatic carbocycles. The van der Waals surface area contributed by atoms with Crippen LogP contribution in [0.25, 0.3) is 0 Å². The third-order valence-electron chi connectivity index (χ3n) is 17.9. The fourth-order valence-corrected chi connectivity index (χ4v) is 16.4. The summed E-state index contributed by atoms with van der Waals surface area (Å²) >= 11 is 0. The van der Waals surface area contributed by atoms with E-state index >= 15 is 0 Å². The number of fused-ring (bicyclic) bond motifs is 18. The molecular formula is C45H78O5. The van der Waals surface area contributed by atoms with Crippen molar-refractivity contribution in [3.8, 4) is 0 Å². The summed E-state index contributed by atoms with van der Waals surface area (Å²) in [6.07, 6.45) is 6.54. The van der Waals surface area contributed by atoms with Gasteiger partial charge in [-0.05, 0) is 138 Å². The zero-order valence-corrected chi connectivity index (χ0v) is 35.1. The molecule has 0 aromatic rings. The molecule has 9 fully saturated rings. The van der Waals surface area contributed by atoms with Crippen molar-refractivity contribution in [1.29, 1.82) is 0 Å². The smallest absolute Gasteiger partial charge is 0.317 e. The lowest BCUT2D eigenvalue weighted by atomic mass is 9.47. The third-order valence-corrected chi connectivity index (χ3v) is 17.9. The zero-order chi connectivity index (χ0) is 37.4. The van der Waals surface area contributed by atoms with Crippen molar-refractivity contribution < 1.29 is 23.8 Å². The summed E-state index contributed by atoms with van der Waals surface area (Å²) in [6.45, 7) is 30.9. The molecule has 8 saturated carbocycles. The first-order valence-electron chi connectivity index (χ1n) is 21.7. The minimum atomic E-state index is -0.288. The summed E-state index contributed by atoms with van der Waals surface area (Å²) in [5, 5.41) is 0. The van der Waals surface area contributed by atoms with E-state index in [9.17, 15) is 9.59 Å². The van der Waals surface area contributed by atoms with Gasteiger partial charge in [0.2, 0.25) is 0 Å². The maximum Gasteiger partial charge on any atom is 0.317 e. The van der Waals surface area contributed by atoms with Gasteiger partial charge in [-0.25, -0.2) is 0 Å². The Labute approximate surface area is 307 Å². The van der Waals surface area contributed by atoms with Crippen LogP contribution in [-0.4, -0.2) is 32.4 Å². The molecule has 5 nitrogen and oxygen atoms in total. The average Bonchev–Trinajstić information content (AvgIpc) is 3.99. The molecule has 50 heavy (non-hydrogen) atoms. The molecular weight excluding hydrogens is 620 g/mol. The highest BCUT2D eigenvalue weighted by atomic mass is 16.7. The fourth-order valence-electron chi connectivity index (χ4n) is 16.4. The first kappa shape index (κ1) is 40.2. The number of hydrogen-bond donors (Lipinski definition) is 0. The quantitative estimate of drug-likeness (QED) is 0.124. The van der Waals surface area contributed by atoms with Crippen molar-refractivity contribution in [2.75, 3.05) is 14.2 Å². The van der Waals surface area contributed by atoms with Gasteiger partial charge in [-0.3, -0.25) is 9.59 Å². The maximum atomic E-state index is 13.5. The van der Waals surface area contributed by atoms with Crippen molar-refractivity contribution in [1.82, 2.24) is 0 Å². The monoisotopic (exact) mass is 699 g/mol. The van der Waals surface area contributed by atoms with Crippen molar-refractivity contribution in [3.63, 3.8) is 0 Å². The lowest BCUT2D eigenvalue weighted by Gasteiger charge is -2.57. The Morgan fingerprint density at radius 3 is 1.58 bits per heavy atom. The minimum absolute atomic E-state index is 0.0985. The maximum absolute atomic E-state index is 13.5. The van der Waals surface area contributed by atoms with Crippen LogP contribution >= 0.6 is 0 Å². The van der Waals surface area contributed by atoms with Gasteiger partial charge in [-0.1, -0.05) is 96.9 Å². The van der Waals surface area contributed by atoms with E-state index in [0.29, 0.717) is 58.2 Å². The van der Waals surface area contributed by atoms with Crippen LogP contribution in [0.2, 0.25) is 0 Å². The molecule has 1 heterocycles. The molecule has 19 unspecified atom stereocenters. The van der Waals surface area contributed by atoms with Gasteiger partial charge in [0.15, 0.2) is 6.29 Å². The number of carbonyl (C=O) groups excluding carboxylic acids is 2. The summed E-state index contributed by atoms with van der Waals surface area (Å²) in [5.41, 5.74) is 0.807. The van der Waals surface area contributed by atoms with Crippen LogP contribution in [0.4, 0.5) is 0 Å². The van der Waals surface area contributed by atoms with E-state index in [4.69, 9.17) is 14.2 Å².